The van der Waals surface area contributed by atoms with Crippen molar-refractivity contribution in [2.45, 2.75) is 39.7 Å². The lowest BCUT2D eigenvalue weighted by molar-refractivity contribution is 0.412. The first-order chi connectivity index (χ1) is 10.1. The maximum absolute atomic E-state index is 6.11. The Morgan fingerprint density at radius 1 is 1.24 bits per heavy atom. The van der Waals surface area contributed by atoms with Crippen molar-refractivity contribution in [2.75, 3.05) is 13.7 Å². The van der Waals surface area contributed by atoms with Crippen LogP contribution >= 0.6 is 31.9 Å². The molecule has 0 saturated carbocycles. The highest BCUT2D eigenvalue weighted by molar-refractivity contribution is 9.11. The summed E-state index contributed by atoms with van der Waals surface area (Å²) in [5, 5.41) is 4.54. The molecule has 0 spiro atoms. The van der Waals surface area contributed by atoms with Gasteiger partial charge in [0.2, 0.25) is 0 Å². The summed E-state index contributed by atoms with van der Waals surface area (Å²) >= 11 is 7.25. The maximum atomic E-state index is 6.11. The van der Waals surface area contributed by atoms with Crippen LogP contribution in [0.3, 0.4) is 0 Å². The Hall–Kier alpha value is -0.520. The quantitative estimate of drug-likeness (QED) is 0.609. The Labute approximate surface area is 142 Å². The van der Waals surface area contributed by atoms with Crippen molar-refractivity contribution in [1.82, 2.24) is 5.32 Å². The Bertz CT molecular complexity index is 622. The van der Waals surface area contributed by atoms with Crippen LogP contribution in [0.15, 0.2) is 19.4 Å². The molecule has 1 N–H and O–H groups in total. The number of methoxy groups -OCH3 is 1. The van der Waals surface area contributed by atoms with Gasteiger partial charge >= 0.3 is 0 Å². The molecule has 3 nitrogen and oxygen atoms in total. The smallest absolute Gasteiger partial charge is 0.150 e. The third-order valence-electron chi connectivity index (χ3n) is 3.43. The second kappa shape index (κ2) is 7.65. The molecular formula is C16H21Br2NO2. The minimum absolute atomic E-state index is 0.763. The molecule has 0 aliphatic heterocycles. The van der Waals surface area contributed by atoms with Crippen molar-refractivity contribution in [3.8, 4) is 5.75 Å². The molecule has 0 radical (unpaired) electrons. The van der Waals surface area contributed by atoms with Crippen LogP contribution in [-0.4, -0.2) is 13.7 Å². The van der Waals surface area contributed by atoms with E-state index in [9.17, 15) is 0 Å². The van der Waals surface area contributed by atoms with Gasteiger partial charge in [-0.1, -0.05) is 20.3 Å². The highest BCUT2D eigenvalue weighted by Gasteiger charge is 2.20. The van der Waals surface area contributed by atoms with Gasteiger partial charge in [-0.05, 0) is 57.3 Å². The molecule has 0 aliphatic rings. The molecule has 1 heterocycles. The average Bonchev–Trinajstić information content (AvgIpc) is 2.83. The van der Waals surface area contributed by atoms with Gasteiger partial charge < -0.3 is 14.5 Å². The van der Waals surface area contributed by atoms with E-state index in [2.05, 4.69) is 51.0 Å². The van der Waals surface area contributed by atoms with Gasteiger partial charge in [0.15, 0.2) is 0 Å². The molecule has 0 atom stereocenters. The zero-order chi connectivity index (χ0) is 15.4. The van der Waals surface area contributed by atoms with Crippen LogP contribution in [-0.2, 0) is 13.0 Å². The normalized spacial score (nSPS) is 11.3. The molecule has 2 rings (SSSR count). The molecule has 116 valence electrons. The summed E-state index contributed by atoms with van der Waals surface area (Å²) in [7, 11) is 1.68. The van der Waals surface area contributed by atoms with E-state index in [1.54, 1.807) is 7.11 Å². The summed E-state index contributed by atoms with van der Waals surface area (Å²) in [4.78, 5) is 0. The lowest BCUT2D eigenvalue weighted by Gasteiger charge is -2.07. The van der Waals surface area contributed by atoms with Gasteiger partial charge in [0.1, 0.15) is 17.1 Å². The Morgan fingerprint density at radius 3 is 2.62 bits per heavy atom. The maximum Gasteiger partial charge on any atom is 0.150 e. The van der Waals surface area contributed by atoms with Crippen molar-refractivity contribution in [3.05, 3.63) is 26.3 Å². The zero-order valence-electron chi connectivity index (χ0n) is 12.7. The predicted octanol–water partition coefficient (Wildman–Crippen LogP) is 5.42. The van der Waals surface area contributed by atoms with Crippen molar-refractivity contribution in [1.29, 1.82) is 0 Å². The molecule has 1 aromatic carbocycles. The van der Waals surface area contributed by atoms with Gasteiger partial charge in [-0.3, -0.25) is 0 Å². The highest BCUT2D eigenvalue weighted by Crippen LogP contribution is 2.42. The number of aryl methyl sites for hydroxylation is 1. The van der Waals surface area contributed by atoms with Gasteiger partial charge in [0, 0.05) is 10.9 Å². The van der Waals surface area contributed by atoms with Crippen molar-refractivity contribution >= 4 is 42.8 Å². The minimum atomic E-state index is 0.763. The molecule has 5 heteroatoms. The summed E-state index contributed by atoms with van der Waals surface area (Å²) in [6.07, 6.45) is 3.19. The lowest BCUT2D eigenvalue weighted by atomic mass is 10.1. The van der Waals surface area contributed by atoms with Gasteiger partial charge in [-0.2, -0.15) is 0 Å². The summed E-state index contributed by atoms with van der Waals surface area (Å²) in [6, 6.07) is 1.94. The van der Waals surface area contributed by atoms with Gasteiger partial charge in [0.05, 0.1) is 22.6 Å². The molecule has 2 aromatic rings. The molecule has 0 aliphatic carbocycles. The molecule has 0 saturated heterocycles. The first-order valence-electron chi connectivity index (χ1n) is 7.30. The first-order valence-corrected chi connectivity index (χ1v) is 8.89. The summed E-state index contributed by atoms with van der Waals surface area (Å²) in [5.41, 5.74) is 2.15. The van der Waals surface area contributed by atoms with Crippen LogP contribution in [0.5, 0.6) is 5.75 Å². The van der Waals surface area contributed by atoms with E-state index in [1.807, 2.05) is 6.07 Å². The van der Waals surface area contributed by atoms with Crippen LogP contribution in [0.2, 0.25) is 0 Å². The second-order valence-corrected chi connectivity index (χ2v) is 6.66. The molecule has 1 aromatic heterocycles. The minimum Gasteiger partial charge on any atom is -0.496 e. The van der Waals surface area contributed by atoms with Crippen molar-refractivity contribution in [2.24, 2.45) is 0 Å². The summed E-state index contributed by atoms with van der Waals surface area (Å²) in [5.74, 6) is 1.84. The van der Waals surface area contributed by atoms with E-state index in [4.69, 9.17) is 9.15 Å². The first kappa shape index (κ1) is 16.8. The third-order valence-corrected chi connectivity index (χ3v) is 4.81. The Morgan fingerprint density at radius 2 is 2.00 bits per heavy atom. The number of hydrogen-bond donors (Lipinski definition) is 1. The molecule has 0 unspecified atom stereocenters. The number of furan rings is 1. The fourth-order valence-electron chi connectivity index (χ4n) is 2.46. The van der Waals surface area contributed by atoms with E-state index in [1.165, 1.54) is 5.56 Å². The second-order valence-electron chi connectivity index (χ2n) is 5.01. The van der Waals surface area contributed by atoms with E-state index < -0.39 is 0 Å². The number of rotatable bonds is 7. The average molecular weight is 419 g/mol. The van der Waals surface area contributed by atoms with Crippen molar-refractivity contribution < 1.29 is 9.15 Å². The highest BCUT2D eigenvalue weighted by atomic mass is 79.9. The number of halogens is 2. The molecule has 0 fully saturated rings. The Kier molecular flexibility index (Phi) is 6.14. The van der Waals surface area contributed by atoms with Gasteiger partial charge in [-0.25, -0.2) is 0 Å². The lowest BCUT2D eigenvalue weighted by Crippen LogP contribution is -2.14. The standard InChI is InChI=1S/C16H21Br2NO2/c1-4-6-10-13(9-19-7-5-2)21-16-11(17)8-12(20-3)15(18)14(10)16/h8,19H,4-7,9H2,1-3H3. The molecule has 0 amide bonds. The van der Waals surface area contributed by atoms with Crippen LogP contribution in [0.4, 0.5) is 0 Å². The van der Waals surface area contributed by atoms with E-state index >= 15 is 0 Å². The number of fused-ring (bicyclic) bond motifs is 1. The fourth-order valence-corrected chi connectivity index (χ4v) is 3.65. The van der Waals surface area contributed by atoms with Crippen LogP contribution in [0.25, 0.3) is 11.0 Å². The monoisotopic (exact) mass is 417 g/mol. The van der Waals surface area contributed by atoms with E-state index in [0.717, 1.165) is 63.8 Å². The van der Waals surface area contributed by atoms with Crippen molar-refractivity contribution in [3.63, 3.8) is 0 Å². The SMILES string of the molecule is CCCNCc1oc2c(Br)cc(OC)c(Br)c2c1CCC. The summed E-state index contributed by atoms with van der Waals surface area (Å²) < 4.78 is 13.5. The number of hydrogen-bond acceptors (Lipinski definition) is 3. The largest absolute Gasteiger partial charge is 0.496 e. The van der Waals surface area contributed by atoms with E-state index in [-0.39, 0.29) is 0 Å². The molecular weight excluding hydrogens is 398 g/mol. The van der Waals surface area contributed by atoms with E-state index in [0.29, 0.717) is 0 Å². The summed E-state index contributed by atoms with van der Waals surface area (Å²) in [6.45, 7) is 6.11. The van der Waals surface area contributed by atoms with Crippen LogP contribution < -0.4 is 10.1 Å². The molecule has 0 bridgehead atoms. The van der Waals surface area contributed by atoms with Crippen LogP contribution in [0, 0.1) is 0 Å². The number of benzene rings is 1. The van der Waals surface area contributed by atoms with Gasteiger partial charge in [0.25, 0.3) is 0 Å². The fraction of sp³-hybridized carbons (Fsp3) is 0.500. The van der Waals surface area contributed by atoms with Crippen LogP contribution in [0.1, 0.15) is 38.0 Å². The zero-order valence-corrected chi connectivity index (χ0v) is 15.9. The predicted molar refractivity (Wildman–Crippen MR) is 94.2 cm³/mol. The number of nitrogens with one attached hydrogen (secondary N) is 1. The Balaban J connectivity index is 2.56. The molecule has 21 heavy (non-hydrogen) atoms. The third kappa shape index (κ3) is 3.46. The topological polar surface area (TPSA) is 34.4 Å². The van der Waals surface area contributed by atoms with Gasteiger partial charge in [-0.15, -0.1) is 0 Å². The number of ether oxygens (including phenoxy) is 1.